The van der Waals surface area contributed by atoms with Crippen LogP contribution in [0.2, 0.25) is 0 Å². The Bertz CT molecular complexity index is 986. The second-order valence-corrected chi connectivity index (χ2v) is 7.16. The Balaban J connectivity index is 1.56. The molecule has 6 nitrogen and oxygen atoms in total. The fourth-order valence-electron chi connectivity index (χ4n) is 2.89. The number of hydrogen-bond acceptors (Lipinski definition) is 7. The average molecular weight is 378 g/mol. The summed E-state index contributed by atoms with van der Waals surface area (Å²) in [6.45, 7) is 2.40. The molecule has 0 spiro atoms. The maximum atomic E-state index is 9.87. The maximum Gasteiger partial charge on any atom is 0.491 e. The van der Waals surface area contributed by atoms with Gasteiger partial charge >= 0.3 is 7.12 Å². The van der Waals surface area contributed by atoms with Crippen molar-refractivity contribution in [3.05, 3.63) is 59.8 Å². The summed E-state index contributed by atoms with van der Waals surface area (Å²) in [4.78, 5) is 10.1. The van der Waals surface area contributed by atoms with E-state index in [1.807, 2.05) is 37.3 Å². The zero-order chi connectivity index (χ0) is 18.8. The number of hydrogen-bond donors (Lipinski definition) is 3. The van der Waals surface area contributed by atoms with Crippen LogP contribution in [-0.4, -0.2) is 28.4 Å². The van der Waals surface area contributed by atoms with Gasteiger partial charge in [0.25, 0.3) is 0 Å². The molecule has 0 saturated heterocycles. The number of aromatic nitrogens is 2. The third-order valence-electron chi connectivity index (χ3n) is 4.37. The Hall–Kier alpha value is -2.55. The Morgan fingerprint density at radius 3 is 2.85 bits per heavy atom. The SMILES string of the molecule is CSc1cccc(Nc2nc(Nc3ccc4c(c3)B(O)OC4)ncc2C)c1. The molecule has 0 saturated carbocycles. The van der Waals surface area contributed by atoms with Crippen LogP contribution in [0.5, 0.6) is 0 Å². The van der Waals surface area contributed by atoms with Crippen molar-refractivity contribution < 1.29 is 9.68 Å². The van der Waals surface area contributed by atoms with Crippen LogP contribution < -0.4 is 16.1 Å². The van der Waals surface area contributed by atoms with Gasteiger partial charge in [-0.1, -0.05) is 12.1 Å². The van der Waals surface area contributed by atoms with E-state index in [0.717, 1.165) is 33.8 Å². The summed E-state index contributed by atoms with van der Waals surface area (Å²) >= 11 is 1.70. The number of anilines is 4. The highest BCUT2D eigenvalue weighted by Crippen LogP contribution is 2.24. The molecular weight excluding hydrogens is 359 g/mol. The molecule has 136 valence electrons. The molecule has 0 bridgehead atoms. The minimum atomic E-state index is -0.873. The smallest absolute Gasteiger partial charge is 0.423 e. The van der Waals surface area contributed by atoms with E-state index in [1.165, 1.54) is 4.90 Å². The Morgan fingerprint density at radius 2 is 2.00 bits per heavy atom. The average Bonchev–Trinajstić information content (AvgIpc) is 3.05. The molecule has 3 N–H and O–H groups in total. The third-order valence-corrected chi connectivity index (χ3v) is 5.09. The summed E-state index contributed by atoms with van der Waals surface area (Å²) in [5.41, 5.74) is 4.51. The zero-order valence-electron chi connectivity index (χ0n) is 15.1. The Morgan fingerprint density at radius 1 is 1.15 bits per heavy atom. The first-order valence-corrected chi connectivity index (χ1v) is 9.79. The molecule has 0 aliphatic carbocycles. The molecule has 0 unspecified atom stereocenters. The fraction of sp³-hybridized carbons (Fsp3) is 0.158. The maximum absolute atomic E-state index is 9.87. The van der Waals surface area contributed by atoms with E-state index in [4.69, 9.17) is 4.65 Å². The number of rotatable bonds is 5. The summed E-state index contributed by atoms with van der Waals surface area (Å²) in [6.07, 6.45) is 3.83. The molecule has 0 atom stereocenters. The highest BCUT2D eigenvalue weighted by molar-refractivity contribution is 7.98. The van der Waals surface area contributed by atoms with Gasteiger partial charge < -0.3 is 20.3 Å². The van der Waals surface area contributed by atoms with Crippen molar-refractivity contribution >= 4 is 47.5 Å². The van der Waals surface area contributed by atoms with Crippen molar-refractivity contribution in [2.45, 2.75) is 18.4 Å². The van der Waals surface area contributed by atoms with Gasteiger partial charge in [0.15, 0.2) is 0 Å². The highest BCUT2D eigenvalue weighted by atomic mass is 32.2. The normalized spacial score (nSPS) is 12.8. The van der Waals surface area contributed by atoms with Crippen molar-refractivity contribution in [2.24, 2.45) is 0 Å². The van der Waals surface area contributed by atoms with E-state index in [0.29, 0.717) is 12.6 Å². The molecule has 27 heavy (non-hydrogen) atoms. The van der Waals surface area contributed by atoms with Gasteiger partial charge in [-0.2, -0.15) is 4.98 Å². The molecular formula is C19H19BN4O2S. The quantitative estimate of drug-likeness (QED) is 0.465. The van der Waals surface area contributed by atoms with Gasteiger partial charge in [0.1, 0.15) is 5.82 Å². The summed E-state index contributed by atoms with van der Waals surface area (Å²) in [7, 11) is -0.873. The van der Waals surface area contributed by atoms with Crippen LogP contribution in [-0.2, 0) is 11.3 Å². The first-order chi connectivity index (χ1) is 13.1. The third kappa shape index (κ3) is 3.92. The number of aryl methyl sites for hydroxylation is 1. The first-order valence-electron chi connectivity index (χ1n) is 8.56. The van der Waals surface area contributed by atoms with Crippen LogP contribution in [0.15, 0.2) is 53.6 Å². The van der Waals surface area contributed by atoms with Crippen LogP contribution in [0, 0.1) is 6.92 Å². The van der Waals surface area contributed by atoms with E-state index in [9.17, 15) is 5.02 Å². The molecule has 0 radical (unpaired) electrons. The second-order valence-electron chi connectivity index (χ2n) is 6.28. The molecule has 2 heterocycles. The summed E-state index contributed by atoms with van der Waals surface area (Å²) in [5.74, 6) is 1.23. The number of thioether (sulfide) groups is 1. The summed E-state index contributed by atoms with van der Waals surface area (Å²) in [6, 6.07) is 13.9. The van der Waals surface area contributed by atoms with Crippen molar-refractivity contribution in [3.8, 4) is 0 Å². The largest absolute Gasteiger partial charge is 0.491 e. The molecule has 1 aliphatic heterocycles. The molecule has 1 aliphatic rings. The van der Waals surface area contributed by atoms with E-state index >= 15 is 0 Å². The number of nitrogens with one attached hydrogen (secondary N) is 2. The van der Waals surface area contributed by atoms with Crippen LogP contribution in [0.1, 0.15) is 11.1 Å². The van der Waals surface area contributed by atoms with Crippen molar-refractivity contribution in [1.82, 2.24) is 9.97 Å². The van der Waals surface area contributed by atoms with Gasteiger partial charge in [0, 0.05) is 28.0 Å². The molecule has 1 aromatic heterocycles. The van der Waals surface area contributed by atoms with E-state index in [-0.39, 0.29) is 0 Å². The zero-order valence-corrected chi connectivity index (χ0v) is 15.9. The monoisotopic (exact) mass is 378 g/mol. The molecule has 3 aromatic rings. The fourth-order valence-corrected chi connectivity index (χ4v) is 3.35. The number of nitrogens with zero attached hydrogens (tertiary/aromatic N) is 2. The van der Waals surface area contributed by atoms with Gasteiger partial charge in [0.05, 0.1) is 6.61 Å². The summed E-state index contributed by atoms with van der Waals surface area (Å²) in [5, 5.41) is 16.4. The minimum Gasteiger partial charge on any atom is -0.423 e. The van der Waals surface area contributed by atoms with Gasteiger partial charge in [-0.25, -0.2) is 4.98 Å². The Labute approximate surface area is 162 Å². The van der Waals surface area contributed by atoms with E-state index in [2.05, 4.69) is 39.0 Å². The van der Waals surface area contributed by atoms with Gasteiger partial charge in [0.2, 0.25) is 5.95 Å². The van der Waals surface area contributed by atoms with Crippen molar-refractivity contribution in [3.63, 3.8) is 0 Å². The van der Waals surface area contributed by atoms with Gasteiger partial charge in [-0.05, 0) is 54.5 Å². The second kappa shape index (κ2) is 7.60. The molecule has 0 fully saturated rings. The van der Waals surface area contributed by atoms with Gasteiger partial charge in [-0.3, -0.25) is 0 Å². The lowest BCUT2D eigenvalue weighted by atomic mass is 9.79. The lowest BCUT2D eigenvalue weighted by Crippen LogP contribution is -2.28. The Kier molecular flexibility index (Phi) is 5.02. The number of benzene rings is 2. The van der Waals surface area contributed by atoms with Crippen LogP contribution >= 0.6 is 11.8 Å². The van der Waals surface area contributed by atoms with E-state index < -0.39 is 7.12 Å². The molecule has 0 amide bonds. The van der Waals surface area contributed by atoms with Crippen LogP contribution in [0.3, 0.4) is 0 Å². The van der Waals surface area contributed by atoms with Crippen molar-refractivity contribution in [1.29, 1.82) is 0 Å². The van der Waals surface area contributed by atoms with Crippen LogP contribution in [0.4, 0.5) is 23.1 Å². The lowest BCUT2D eigenvalue weighted by molar-refractivity contribution is 0.275. The van der Waals surface area contributed by atoms with Crippen LogP contribution in [0.25, 0.3) is 0 Å². The standard InChI is InChI=1S/C19H19BN4O2S/c1-12-10-21-19(23-15-7-6-13-11-26-20(25)17(13)9-15)24-18(12)22-14-4-3-5-16(8-14)27-2/h3-10,25H,11H2,1-2H3,(H2,21,22,23,24). The van der Waals surface area contributed by atoms with Crippen molar-refractivity contribution in [2.75, 3.05) is 16.9 Å². The predicted molar refractivity (Wildman–Crippen MR) is 110 cm³/mol. The van der Waals surface area contributed by atoms with Gasteiger partial charge in [-0.15, -0.1) is 11.8 Å². The summed E-state index contributed by atoms with van der Waals surface area (Å²) < 4.78 is 5.23. The van der Waals surface area contributed by atoms with E-state index in [1.54, 1.807) is 18.0 Å². The molecule has 2 aromatic carbocycles. The lowest BCUT2D eigenvalue weighted by Gasteiger charge is -2.12. The minimum absolute atomic E-state index is 0.432. The number of fused-ring (bicyclic) bond motifs is 1. The topological polar surface area (TPSA) is 79.3 Å². The molecule has 8 heteroatoms. The highest BCUT2D eigenvalue weighted by Gasteiger charge is 2.27. The predicted octanol–water partition coefficient (Wildman–Crippen LogP) is 3.21. The molecule has 4 rings (SSSR count). The first kappa shape index (κ1) is 17.8.